The lowest BCUT2D eigenvalue weighted by atomic mass is 10.1. The maximum absolute atomic E-state index is 12.5. The van der Waals surface area contributed by atoms with Crippen molar-refractivity contribution in [2.75, 3.05) is 12.0 Å². The summed E-state index contributed by atoms with van der Waals surface area (Å²) in [6.45, 7) is 8.43. The fourth-order valence-corrected chi connectivity index (χ4v) is 3.63. The third-order valence-electron chi connectivity index (χ3n) is 3.50. The van der Waals surface area contributed by atoms with Crippen molar-refractivity contribution in [1.82, 2.24) is 10.2 Å². The summed E-state index contributed by atoms with van der Waals surface area (Å²) in [5, 5.41) is 3.45. The molecule has 1 fully saturated rings. The first-order chi connectivity index (χ1) is 8.86. The van der Waals surface area contributed by atoms with Crippen LogP contribution in [0, 0.1) is 5.92 Å². The van der Waals surface area contributed by atoms with Crippen LogP contribution in [-0.4, -0.2) is 45.3 Å². The summed E-state index contributed by atoms with van der Waals surface area (Å²) in [4.78, 5) is 14.4. The van der Waals surface area contributed by atoms with Gasteiger partial charge in [-0.05, 0) is 25.7 Å². The van der Waals surface area contributed by atoms with Crippen molar-refractivity contribution in [3.05, 3.63) is 0 Å². The van der Waals surface area contributed by atoms with E-state index in [0.717, 1.165) is 19.3 Å². The molecule has 0 aliphatic carbocycles. The zero-order valence-corrected chi connectivity index (χ0v) is 13.6. The van der Waals surface area contributed by atoms with E-state index in [-0.39, 0.29) is 24.2 Å². The van der Waals surface area contributed by atoms with Crippen molar-refractivity contribution in [3.63, 3.8) is 0 Å². The van der Waals surface area contributed by atoms with Gasteiger partial charge in [0.05, 0.1) is 12.2 Å². The fraction of sp³-hybridized carbons (Fsp3) is 0.929. The molecule has 0 spiro atoms. The second kappa shape index (κ2) is 7.39. The molecule has 4 nitrogen and oxygen atoms in total. The Labute approximate surface area is 119 Å². The molecule has 4 unspecified atom stereocenters. The smallest absolute Gasteiger partial charge is 0.241 e. The minimum atomic E-state index is -0.871. The minimum Gasteiger partial charge on any atom is -0.322 e. The van der Waals surface area contributed by atoms with E-state index in [1.54, 1.807) is 6.26 Å². The predicted octanol–water partition coefficient (Wildman–Crippen LogP) is 1.73. The van der Waals surface area contributed by atoms with Crippen LogP contribution in [0.15, 0.2) is 0 Å². The highest BCUT2D eigenvalue weighted by Gasteiger charge is 2.40. The lowest BCUT2D eigenvalue weighted by Crippen LogP contribution is -2.46. The van der Waals surface area contributed by atoms with Gasteiger partial charge in [-0.25, -0.2) is 0 Å². The fourth-order valence-electron chi connectivity index (χ4n) is 2.79. The summed E-state index contributed by atoms with van der Waals surface area (Å²) < 4.78 is 11.4. The Bertz CT molecular complexity index is 333. The molecule has 1 amide bonds. The SMILES string of the molecule is CCCC1NC(CC(C)C)N(C(C)CS(C)=O)C1=O. The van der Waals surface area contributed by atoms with E-state index in [1.165, 1.54) is 0 Å². The number of amides is 1. The molecule has 1 rings (SSSR count). The van der Waals surface area contributed by atoms with Crippen LogP contribution in [0.4, 0.5) is 0 Å². The van der Waals surface area contributed by atoms with Crippen LogP contribution >= 0.6 is 0 Å². The van der Waals surface area contributed by atoms with Gasteiger partial charge in [0.2, 0.25) is 5.91 Å². The normalized spacial score (nSPS) is 27.1. The lowest BCUT2D eigenvalue weighted by Gasteiger charge is -2.31. The zero-order chi connectivity index (χ0) is 14.6. The second-order valence-electron chi connectivity index (χ2n) is 5.99. The number of nitrogens with one attached hydrogen (secondary N) is 1. The van der Waals surface area contributed by atoms with E-state index in [2.05, 4.69) is 26.1 Å². The molecular weight excluding hydrogens is 260 g/mol. The van der Waals surface area contributed by atoms with Crippen molar-refractivity contribution >= 4 is 16.7 Å². The highest BCUT2D eigenvalue weighted by molar-refractivity contribution is 7.84. The molecular formula is C14H28N2O2S. The van der Waals surface area contributed by atoms with Gasteiger partial charge in [-0.3, -0.25) is 14.3 Å². The topological polar surface area (TPSA) is 49.4 Å². The summed E-state index contributed by atoms with van der Waals surface area (Å²) in [5.41, 5.74) is 0. The predicted molar refractivity (Wildman–Crippen MR) is 80.3 cm³/mol. The molecule has 0 aromatic rings. The molecule has 1 aliphatic heterocycles. The molecule has 4 atom stereocenters. The quantitative estimate of drug-likeness (QED) is 0.776. The Balaban J connectivity index is 2.81. The average Bonchev–Trinajstić information content (AvgIpc) is 2.54. The number of nitrogens with zero attached hydrogens (tertiary/aromatic N) is 1. The summed E-state index contributed by atoms with van der Waals surface area (Å²) in [6.07, 6.45) is 4.63. The molecule has 19 heavy (non-hydrogen) atoms. The Kier molecular flexibility index (Phi) is 6.47. The van der Waals surface area contributed by atoms with E-state index < -0.39 is 10.8 Å². The van der Waals surface area contributed by atoms with E-state index in [4.69, 9.17) is 0 Å². The van der Waals surface area contributed by atoms with Crippen molar-refractivity contribution in [2.24, 2.45) is 5.92 Å². The summed E-state index contributed by atoms with van der Waals surface area (Å²) >= 11 is 0. The van der Waals surface area contributed by atoms with Gasteiger partial charge in [0.15, 0.2) is 0 Å². The number of hydrogen-bond donors (Lipinski definition) is 1. The molecule has 0 saturated carbocycles. The summed E-state index contributed by atoms with van der Waals surface area (Å²) in [7, 11) is -0.871. The van der Waals surface area contributed by atoms with Crippen molar-refractivity contribution in [1.29, 1.82) is 0 Å². The molecule has 0 aromatic heterocycles. The van der Waals surface area contributed by atoms with Gasteiger partial charge in [-0.2, -0.15) is 0 Å². The number of rotatable bonds is 7. The Morgan fingerprint density at radius 2 is 2.00 bits per heavy atom. The molecule has 112 valence electrons. The van der Waals surface area contributed by atoms with Gasteiger partial charge in [0, 0.05) is 28.9 Å². The van der Waals surface area contributed by atoms with Crippen LogP contribution in [0.3, 0.4) is 0 Å². The molecule has 0 aromatic carbocycles. The first-order valence-electron chi connectivity index (χ1n) is 7.25. The number of carbonyl (C=O) groups is 1. The Hall–Kier alpha value is -0.420. The van der Waals surface area contributed by atoms with Gasteiger partial charge >= 0.3 is 0 Å². The van der Waals surface area contributed by atoms with E-state index in [0.29, 0.717) is 11.7 Å². The molecule has 0 radical (unpaired) electrons. The van der Waals surface area contributed by atoms with E-state index in [1.807, 2.05) is 11.8 Å². The molecule has 0 bridgehead atoms. The minimum absolute atomic E-state index is 0.0384. The molecule has 1 aliphatic rings. The van der Waals surface area contributed by atoms with Crippen molar-refractivity contribution in [2.45, 2.75) is 65.2 Å². The largest absolute Gasteiger partial charge is 0.322 e. The van der Waals surface area contributed by atoms with E-state index in [9.17, 15) is 9.00 Å². The summed E-state index contributed by atoms with van der Waals surface area (Å²) in [6, 6.07) is -0.0158. The van der Waals surface area contributed by atoms with Crippen LogP contribution in [0.5, 0.6) is 0 Å². The maximum atomic E-state index is 12.5. The van der Waals surface area contributed by atoms with Gasteiger partial charge in [0.1, 0.15) is 0 Å². The Morgan fingerprint density at radius 3 is 2.47 bits per heavy atom. The number of carbonyl (C=O) groups excluding carboxylic acids is 1. The highest BCUT2D eigenvalue weighted by atomic mass is 32.2. The van der Waals surface area contributed by atoms with Crippen LogP contribution in [0.2, 0.25) is 0 Å². The zero-order valence-electron chi connectivity index (χ0n) is 12.8. The molecule has 5 heteroatoms. The molecule has 1 saturated heterocycles. The first kappa shape index (κ1) is 16.6. The maximum Gasteiger partial charge on any atom is 0.241 e. The standard InChI is InChI=1S/C14H28N2O2S/c1-6-7-12-14(17)16(11(4)9-19(5)18)13(15-12)8-10(2)3/h10-13,15H,6-9H2,1-5H3. The van der Waals surface area contributed by atoms with Crippen LogP contribution in [0.25, 0.3) is 0 Å². The van der Waals surface area contributed by atoms with Crippen LogP contribution < -0.4 is 5.32 Å². The van der Waals surface area contributed by atoms with Crippen LogP contribution in [0.1, 0.15) is 47.0 Å². The van der Waals surface area contributed by atoms with Crippen molar-refractivity contribution in [3.8, 4) is 0 Å². The van der Waals surface area contributed by atoms with Crippen molar-refractivity contribution < 1.29 is 9.00 Å². The van der Waals surface area contributed by atoms with Gasteiger partial charge in [-0.15, -0.1) is 0 Å². The van der Waals surface area contributed by atoms with Gasteiger partial charge < -0.3 is 4.90 Å². The third kappa shape index (κ3) is 4.56. The highest BCUT2D eigenvalue weighted by Crippen LogP contribution is 2.22. The summed E-state index contributed by atoms with van der Waals surface area (Å²) in [5.74, 6) is 1.28. The molecule has 1 N–H and O–H groups in total. The molecule has 1 heterocycles. The lowest BCUT2D eigenvalue weighted by molar-refractivity contribution is -0.131. The third-order valence-corrected chi connectivity index (χ3v) is 4.46. The Morgan fingerprint density at radius 1 is 1.37 bits per heavy atom. The average molecular weight is 288 g/mol. The first-order valence-corrected chi connectivity index (χ1v) is 8.97. The van der Waals surface area contributed by atoms with Gasteiger partial charge in [0.25, 0.3) is 0 Å². The monoisotopic (exact) mass is 288 g/mol. The number of hydrogen-bond acceptors (Lipinski definition) is 3. The second-order valence-corrected chi connectivity index (χ2v) is 7.47. The van der Waals surface area contributed by atoms with E-state index >= 15 is 0 Å². The van der Waals surface area contributed by atoms with Crippen LogP contribution in [-0.2, 0) is 15.6 Å². The van der Waals surface area contributed by atoms with Gasteiger partial charge in [-0.1, -0.05) is 27.2 Å².